The predicted molar refractivity (Wildman–Crippen MR) is 94.5 cm³/mol. The van der Waals surface area contributed by atoms with Crippen LogP contribution in [0.1, 0.15) is 54.9 Å². The van der Waals surface area contributed by atoms with Gasteiger partial charge in [0.1, 0.15) is 0 Å². The SMILES string of the molecule is N[C@@H]1CC[C@@H]1NC(=O)c1ccc2c(c1)[nH]c(=O)n2C1CCC(O)CC1. The highest BCUT2D eigenvalue weighted by atomic mass is 16.3. The van der Waals surface area contributed by atoms with E-state index in [9.17, 15) is 14.7 Å². The van der Waals surface area contributed by atoms with Crippen LogP contribution in [0.2, 0.25) is 0 Å². The lowest BCUT2D eigenvalue weighted by Crippen LogP contribution is -2.54. The maximum absolute atomic E-state index is 12.4. The molecule has 25 heavy (non-hydrogen) atoms. The molecule has 0 aliphatic heterocycles. The molecule has 2 aliphatic carbocycles. The Morgan fingerprint density at radius 3 is 2.60 bits per heavy atom. The number of fused-ring (bicyclic) bond motifs is 1. The van der Waals surface area contributed by atoms with Gasteiger partial charge >= 0.3 is 5.69 Å². The number of hydrogen-bond donors (Lipinski definition) is 4. The molecule has 7 nitrogen and oxygen atoms in total. The molecule has 2 fully saturated rings. The Morgan fingerprint density at radius 1 is 1.20 bits per heavy atom. The Bertz CT molecular complexity index is 848. The third-order valence-corrected chi connectivity index (χ3v) is 5.65. The zero-order chi connectivity index (χ0) is 17.6. The summed E-state index contributed by atoms with van der Waals surface area (Å²) in [6.45, 7) is 0. The van der Waals surface area contributed by atoms with Gasteiger partial charge in [-0.3, -0.25) is 9.36 Å². The van der Waals surface area contributed by atoms with Crippen LogP contribution < -0.4 is 16.7 Å². The molecule has 0 unspecified atom stereocenters. The molecule has 134 valence electrons. The van der Waals surface area contributed by atoms with Crippen LogP contribution in [0.15, 0.2) is 23.0 Å². The summed E-state index contributed by atoms with van der Waals surface area (Å²) in [5.74, 6) is -0.156. The summed E-state index contributed by atoms with van der Waals surface area (Å²) >= 11 is 0. The van der Waals surface area contributed by atoms with Gasteiger partial charge in [0.2, 0.25) is 0 Å². The number of imidazole rings is 1. The van der Waals surface area contributed by atoms with E-state index in [1.165, 1.54) is 0 Å². The third-order valence-electron chi connectivity index (χ3n) is 5.65. The van der Waals surface area contributed by atoms with Crippen molar-refractivity contribution >= 4 is 16.9 Å². The van der Waals surface area contributed by atoms with E-state index in [1.807, 2.05) is 6.07 Å². The molecule has 2 aliphatic rings. The second-order valence-corrected chi connectivity index (χ2v) is 7.32. The number of amides is 1. The first-order chi connectivity index (χ1) is 12.0. The summed E-state index contributed by atoms with van der Waals surface area (Å²) in [7, 11) is 0. The van der Waals surface area contributed by atoms with Gasteiger partial charge in [-0.1, -0.05) is 0 Å². The van der Waals surface area contributed by atoms with E-state index in [1.54, 1.807) is 16.7 Å². The van der Waals surface area contributed by atoms with Crippen LogP contribution in [0.5, 0.6) is 0 Å². The number of hydrogen-bond acceptors (Lipinski definition) is 4. The van der Waals surface area contributed by atoms with Gasteiger partial charge < -0.3 is 21.1 Å². The van der Waals surface area contributed by atoms with E-state index in [4.69, 9.17) is 5.73 Å². The average Bonchev–Trinajstić information content (AvgIpc) is 2.93. The van der Waals surface area contributed by atoms with Gasteiger partial charge in [0.05, 0.1) is 17.1 Å². The van der Waals surface area contributed by atoms with E-state index < -0.39 is 0 Å². The summed E-state index contributed by atoms with van der Waals surface area (Å²) in [5, 5.41) is 12.6. The zero-order valence-corrected chi connectivity index (χ0v) is 14.1. The van der Waals surface area contributed by atoms with Gasteiger partial charge in [0, 0.05) is 23.7 Å². The van der Waals surface area contributed by atoms with Gasteiger partial charge in [-0.15, -0.1) is 0 Å². The molecule has 4 rings (SSSR count). The summed E-state index contributed by atoms with van der Waals surface area (Å²) < 4.78 is 1.77. The molecule has 2 atom stereocenters. The maximum atomic E-state index is 12.4. The molecule has 1 aromatic carbocycles. The van der Waals surface area contributed by atoms with Crippen molar-refractivity contribution in [3.05, 3.63) is 34.2 Å². The molecule has 1 amide bonds. The molecule has 7 heteroatoms. The first-order valence-electron chi connectivity index (χ1n) is 9.01. The Morgan fingerprint density at radius 2 is 1.96 bits per heavy atom. The molecule has 0 bridgehead atoms. The number of rotatable bonds is 3. The average molecular weight is 344 g/mol. The number of aliphatic hydroxyl groups excluding tert-OH is 1. The van der Waals surface area contributed by atoms with Gasteiger partial charge in [-0.05, 0) is 56.7 Å². The topological polar surface area (TPSA) is 113 Å². The smallest absolute Gasteiger partial charge is 0.326 e. The van der Waals surface area contributed by atoms with E-state index >= 15 is 0 Å². The molecule has 0 spiro atoms. The van der Waals surface area contributed by atoms with Gasteiger partial charge in [0.15, 0.2) is 0 Å². The molecular weight excluding hydrogens is 320 g/mol. The summed E-state index contributed by atoms with van der Waals surface area (Å²) in [4.78, 5) is 27.6. The van der Waals surface area contributed by atoms with Crippen molar-refractivity contribution in [3.63, 3.8) is 0 Å². The van der Waals surface area contributed by atoms with E-state index in [-0.39, 0.29) is 35.8 Å². The van der Waals surface area contributed by atoms with Crippen molar-refractivity contribution in [3.8, 4) is 0 Å². The van der Waals surface area contributed by atoms with Crippen LogP contribution in [-0.4, -0.2) is 38.8 Å². The van der Waals surface area contributed by atoms with Gasteiger partial charge in [-0.25, -0.2) is 4.79 Å². The van der Waals surface area contributed by atoms with E-state index in [0.29, 0.717) is 23.9 Å². The Hall–Kier alpha value is -2.12. The minimum absolute atomic E-state index is 0.0372. The van der Waals surface area contributed by atoms with Crippen LogP contribution in [0.4, 0.5) is 0 Å². The first kappa shape index (κ1) is 16.4. The molecule has 5 N–H and O–H groups in total. The molecule has 1 aromatic heterocycles. The van der Waals surface area contributed by atoms with Crippen LogP contribution in [-0.2, 0) is 0 Å². The molecule has 2 aromatic rings. The number of nitrogens with zero attached hydrogens (tertiary/aromatic N) is 1. The first-order valence-corrected chi connectivity index (χ1v) is 9.01. The molecule has 0 radical (unpaired) electrons. The fourth-order valence-corrected chi connectivity index (χ4v) is 3.91. The van der Waals surface area contributed by atoms with Crippen molar-refractivity contribution in [1.82, 2.24) is 14.9 Å². The molecule has 0 saturated heterocycles. The number of benzene rings is 1. The second-order valence-electron chi connectivity index (χ2n) is 7.32. The number of carbonyl (C=O) groups excluding carboxylic acids is 1. The number of aromatic nitrogens is 2. The van der Waals surface area contributed by atoms with Crippen molar-refractivity contribution < 1.29 is 9.90 Å². The Labute approximate surface area is 145 Å². The number of nitrogens with one attached hydrogen (secondary N) is 2. The van der Waals surface area contributed by atoms with Crippen LogP contribution in [0.25, 0.3) is 11.0 Å². The Balaban J connectivity index is 1.59. The number of H-pyrrole nitrogens is 1. The summed E-state index contributed by atoms with van der Waals surface area (Å²) in [6, 6.07) is 5.48. The highest BCUT2D eigenvalue weighted by Gasteiger charge is 2.29. The quantitative estimate of drug-likeness (QED) is 0.666. The van der Waals surface area contributed by atoms with E-state index in [0.717, 1.165) is 31.2 Å². The number of carbonyl (C=O) groups is 1. The fraction of sp³-hybridized carbons (Fsp3) is 0.556. The highest BCUT2D eigenvalue weighted by molar-refractivity contribution is 5.97. The fourth-order valence-electron chi connectivity index (χ4n) is 3.91. The second kappa shape index (κ2) is 6.31. The minimum Gasteiger partial charge on any atom is -0.393 e. The normalized spacial score (nSPS) is 29.4. The number of aromatic amines is 1. The molecular formula is C18H24N4O3. The lowest BCUT2D eigenvalue weighted by molar-refractivity contribution is 0.0906. The van der Waals surface area contributed by atoms with Gasteiger partial charge in [-0.2, -0.15) is 0 Å². The van der Waals surface area contributed by atoms with Crippen molar-refractivity contribution in [2.24, 2.45) is 5.73 Å². The number of aliphatic hydroxyl groups is 1. The maximum Gasteiger partial charge on any atom is 0.326 e. The van der Waals surface area contributed by atoms with Crippen LogP contribution in [0.3, 0.4) is 0 Å². The van der Waals surface area contributed by atoms with Crippen molar-refractivity contribution in [1.29, 1.82) is 0 Å². The molecule has 2 saturated carbocycles. The number of nitrogens with two attached hydrogens (primary N) is 1. The summed E-state index contributed by atoms with van der Waals surface area (Å²) in [6.07, 6.45) is 4.60. The van der Waals surface area contributed by atoms with Crippen molar-refractivity contribution in [2.45, 2.75) is 62.8 Å². The van der Waals surface area contributed by atoms with Crippen LogP contribution in [0, 0.1) is 0 Å². The molecule has 1 heterocycles. The summed E-state index contributed by atoms with van der Waals surface area (Å²) in [5.41, 5.74) is 7.72. The van der Waals surface area contributed by atoms with Gasteiger partial charge in [0.25, 0.3) is 5.91 Å². The van der Waals surface area contributed by atoms with Crippen LogP contribution >= 0.6 is 0 Å². The predicted octanol–water partition coefficient (Wildman–Crippen LogP) is 1.03. The highest BCUT2D eigenvalue weighted by Crippen LogP contribution is 2.30. The van der Waals surface area contributed by atoms with Crippen molar-refractivity contribution in [2.75, 3.05) is 0 Å². The van der Waals surface area contributed by atoms with E-state index in [2.05, 4.69) is 10.3 Å². The third kappa shape index (κ3) is 2.98. The lowest BCUT2D eigenvalue weighted by Gasteiger charge is -2.34. The lowest BCUT2D eigenvalue weighted by atomic mass is 9.87. The standard InChI is InChI=1S/C18H24N4O3/c19-13-6-7-14(13)20-17(24)10-1-8-16-15(9-10)21-18(25)22(16)11-2-4-12(23)5-3-11/h1,8-9,11-14,23H,2-7,19H2,(H,20,24)(H,21,25)/t11?,12?,13-,14+/m1/s1. The minimum atomic E-state index is -0.259. The largest absolute Gasteiger partial charge is 0.393 e. The zero-order valence-electron chi connectivity index (χ0n) is 14.1. The monoisotopic (exact) mass is 344 g/mol. The Kier molecular flexibility index (Phi) is 4.13.